The van der Waals surface area contributed by atoms with E-state index in [0.717, 1.165) is 0 Å². The molecule has 0 fully saturated rings. The molecule has 238 valence electrons. The number of primary amides is 1. The van der Waals surface area contributed by atoms with Crippen LogP contribution in [-0.4, -0.2) is 83.9 Å². The number of amides is 4. The van der Waals surface area contributed by atoms with Gasteiger partial charge in [0.15, 0.2) is 11.9 Å². The van der Waals surface area contributed by atoms with Crippen molar-refractivity contribution < 1.29 is 29.1 Å². The number of nitrogens with zero attached hydrogens (tertiary/aromatic N) is 2. The molecule has 4 unspecified atom stereocenters. The van der Waals surface area contributed by atoms with E-state index in [1.54, 1.807) is 30.3 Å². The van der Waals surface area contributed by atoms with Gasteiger partial charge in [-0.05, 0) is 37.7 Å². The van der Waals surface area contributed by atoms with Gasteiger partial charge in [0.05, 0.1) is 6.04 Å². The van der Waals surface area contributed by atoms with Gasteiger partial charge in [-0.25, -0.2) is 4.79 Å². The van der Waals surface area contributed by atoms with Gasteiger partial charge in [-0.3, -0.25) is 29.2 Å². The van der Waals surface area contributed by atoms with Crippen LogP contribution in [0.2, 0.25) is 0 Å². The number of guanidine groups is 2. The molecule has 1 rings (SSSR count). The van der Waals surface area contributed by atoms with Gasteiger partial charge in [-0.2, -0.15) is 0 Å². The summed E-state index contributed by atoms with van der Waals surface area (Å²) in [6.07, 6.45) is 0.421. The van der Waals surface area contributed by atoms with Crippen molar-refractivity contribution in [3.8, 4) is 0 Å². The zero-order valence-corrected chi connectivity index (χ0v) is 23.9. The first-order valence-corrected chi connectivity index (χ1v) is 13.6. The fraction of sp³-hybridized carbons (Fsp3) is 0.500. The third-order valence-electron chi connectivity index (χ3n) is 6.09. The molecule has 0 saturated heterocycles. The largest absolute Gasteiger partial charge is 0.480 e. The second-order valence-corrected chi connectivity index (χ2v) is 9.72. The Morgan fingerprint density at radius 2 is 1.19 bits per heavy atom. The minimum atomic E-state index is -1.34. The Balaban J connectivity index is 3.05. The number of nitrogens with two attached hydrogens (primary N) is 6. The summed E-state index contributed by atoms with van der Waals surface area (Å²) < 4.78 is 0. The first-order valence-electron chi connectivity index (χ1n) is 13.6. The molecule has 0 saturated carbocycles. The minimum absolute atomic E-state index is 0.0249. The lowest BCUT2D eigenvalue weighted by Gasteiger charge is -2.25. The first kappa shape index (κ1) is 36.1. The van der Waals surface area contributed by atoms with Crippen molar-refractivity contribution in [2.24, 2.45) is 44.4 Å². The highest BCUT2D eigenvalue weighted by Gasteiger charge is 2.30. The maximum absolute atomic E-state index is 13.3. The summed E-state index contributed by atoms with van der Waals surface area (Å²) in [7, 11) is 0. The van der Waals surface area contributed by atoms with E-state index in [1.165, 1.54) is 0 Å². The molecule has 0 aliphatic rings. The molecule has 0 spiro atoms. The van der Waals surface area contributed by atoms with E-state index in [4.69, 9.17) is 34.4 Å². The highest BCUT2D eigenvalue weighted by Crippen LogP contribution is 2.07. The lowest BCUT2D eigenvalue weighted by atomic mass is 10.0. The van der Waals surface area contributed by atoms with E-state index in [-0.39, 0.29) is 63.5 Å². The lowest BCUT2D eigenvalue weighted by Crippen LogP contribution is -2.57. The Morgan fingerprint density at radius 3 is 1.70 bits per heavy atom. The molecule has 0 aliphatic heterocycles. The van der Waals surface area contributed by atoms with Gasteiger partial charge in [0, 0.05) is 25.9 Å². The highest BCUT2D eigenvalue weighted by molar-refractivity contribution is 5.94. The molecule has 0 aromatic heterocycles. The average molecular weight is 606 g/mol. The van der Waals surface area contributed by atoms with Crippen LogP contribution >= 0.6 is 0 Å². The number of aliphatic imine (C=N–C) groups is 2. The lowest BCUT2D eigenvalue weighted by molar-refractivity contribution is -0.142. The van der Waals surface area contributed by atoms with Crippen molar-refractivity contribution in [2.75, 3.05) is 13.1 Å². The van der Waals surface area contributed by atoms with Crippen molar-refractivity contribution in [3.05, 3.63) is 35.9 Å². The van der Waals surface area contributed by atoms with Crippen LogP contribution in [-0.2, 0) is 30.4 Å². The van der Waals surface area contributed by atoms with Crippen LogP contribution in [0, 0.1) is 0 Å². The van der Waals surface area contributed by atoms with Gasteiger partial charge in [0.1, 0.15) is 18.1 Å². The van der Waals surface area contributed by atoms with Crippen molar-refractivity contribution in [1.29, 1.82) is 0 Å². The number of nitrogens with one attached hydrogen (secondary N) is 3. The molecule has 17 nitrogen and oxygen atoms in total. The second-order valence-electron chi connectivity index (χ2n) is 9.72. The molecule has 0 bridgehead atoms. The molecule has 1 aromatic carbocycles. The SMILES string of the molecule is NC(=O)CCC(NC(=O)C(CCCN=C(N)N)NC(=O)C(N)CCCN=C(N)N)C(=O)NC(Cc1ccccc1)C(=O)O. The van der Waals surface area contributed by atoms with E-state index in [1.807, 2.05) is 0 Å². The number of carbonyl (C=O) groups excluding carboxylic acids is 4. The Kier molecular flexibility index (Phi) is 16.1. The van der Waals surface area contributed by atoms with Crippen LogP contribution in [0.15, 0.2) is 40.3 Å². The summed E-state index contributed by atoms with van der Waals surface area (Å²) in [5.74, 6) is -4.54. The minimum Gasteiger partial charge on any atom is -0.480 e. The highest BCUT2D eigenvalue weighted by atomic mass is 16.4. The number of carboxylic acids is 1. The van der Waals surface area contributed by atoms with Crippen LogP contribution in [0.4, 0.5) is 0 Å². The summed E-state index contributed by atoms with van der Waals surface area (Å²) in [6.45, 7) is 0.405. The van der Waals surface area contributed by atoms with E-state index in [2.05, 4.69) is 25.9 Å². The third kappa shape index (κ3) is 15.6. The van der Waals surface area contributed by atoms with Crippen LogP contribution in [0.25, 0.3) is 0 Å². The molecule has 0 heterocycles. The van der Waals surface area contributed by atoms with E-state index in [9.17, 15) is 29.1 Å². The predicted molar refractivity (Wildman–Crippen MR) is 160 cm³/mol. The summed E-state index contributed by atoms with van der Waals surface area (Å²) in [6, 6.07) is 3.79. The van der Waals surface area contributed by atoms with E-state index < -0.39 is 53.8 Å². The predicted octanol–water partition coefficient (Wildman–Crippen LogP) is -3.53. The topological polar surface area (TPSA) is 323 Å². The first-order chi connectivity index (χ1) is 20.3. The number of aliphatic carboxylic acids is 1. The maximum atomic E-state index is 13.3. The molecule has 4 atom stereocenters. The van der Waals surface area contributed by atoms with Gasteiger partial charge in [0.2, 0.25) is 23.6 Å². The zero-order chi connectivity index (χ0) is 32.4. The number of carboxylic acid groups (broad SMARTS) is 1. The average Bonchev–Trinajstić information content (AvgIpc) is 2.94. The molecule has 0 aliphatic carbocycles. The molecule has 1 aromatic rings. The van der Waals surface area contributed by atoms with Crippen LogP contribution in [0.5, 0.6) is 0 Å². The fourth-order valence-corrected chi connectivity index (χ4v) is 3.85. The van der Waals surface area contributed by atoms with Gasteiger partial charge in [0.25, 0.3) is 0 Å². The van der Waals surface area contributed by atoms with E-state index >= 15 is 0 Å². The Bertz CT molecular complexity index is 1140. The van der Waals surface area contributed by atoms with Crippen LogP contribution < -0.4 is 50.4 Å². The molecular formula is C26H43N11O6. The molecular weight excluding hydrogens is 562 g/mol. The fourth-order valence-electron chi connectivity index (χ4n) is 3.85. The number of hydrogen-bond donors (Lipinski definition) is 10. The van der Waals surface area contributed by atoms with Crippen molar-refractivity contribution in [2.45, 2.75) is 69.1 Å². The normalized spacial score (nSPS) is 13.3. The monoisotopic (exact) mass is 605 g/mol. The third-order valence-corrected chi connectivity index (χ3v) is 6.09. The van der Waals surface area contributed by atoms with Crippen molar-refractivity contribution in [3.63, 3.8) is 0 Å². The van der Waals surface area contributed by atoms with Crippen LogP contribution in [0.1, 0.15) is 44.1 Å². The molecule has 43 heavy (non-hydrogen) atoms. The number of hydrogen-bond acceptors (Lipinski definition) is 8. The van der Waals surface area contributed by atoms with E-state index in [0.29, 0.717) is 12.0 Å². The number of carbonyl (C=O) groups is 5. The van der Waals surface area contributed by atoms with Gasteiger partial charge in [-0.15, -0.1) is 0 Å². The number of rotatable bonds is 20. The van der Waals surface area contributed by atoms with Crippen molar-refractivity contribution in [1.82, 2.24) is 16.0 Å². The quantitative estimate of drug-likeness (QED) is 0.0394. The molecule has 4 amide bonds. The summed E-state index contributed by atoms with van der Waals surface area (Å²) in [4.78, 5) is 70.3. The summed E-state index contributed by atoms with van der Waals surface area (Å²) in [5.41, 5.74) is 33.1. The summed E-state index contributed by atoms with van der Waals surface area (Å²) in [5, 5.41) is 17.2. The van der Waals surface area contributed by atoms with Crippen LogP contribution in [0.3, 0.4) is 0 Å². The molecule has 17 heteroatoms. The Hall–Kier alpha value is -4.93. The standard InChI is InChI=1S/C26H43N11O6/c27-16(8-4-12-33-25(29)30)21(39)35-17(9-5-13-34-26(31)32)22(40)36-18(10-11-20(28)38)23(41)37-19(24(42)43)14-15-6-2-1-3-7-15/h1-3,6-7,16-19H,4-5,8-14,27H2,(H2,28,38)(H,35,39)(H,36,40)(H,37,41)(H,42,43)(H4,29,30,33)(H4,31,32,34). The second kappa shape index (κ2) is 19.2. The Labute approximate surface area is 249 Å². The zero-order valence-electron chi connectivity index (χ0n) is 23.9. The summed E-state index contributed by atoms with van der Waals surface area (Å²) >= 11 is 0. The number of benzene rings is 1. The van der Waals surface area contributed by atoms with Gasteiger partial charge < -0.3 is 55.5 Å². The smallest absolute Gasteiger partial charge is 0.326 e. The molecule has 16 N–H and O–H groups in total. The maximum Gasteiger partial charge on any atom is 0.326 e. The molecule has 0 radical (unpaired) electrons. The van der Waals surface area contributed by atoms with Crippen molar-refractivity contribution >= 4 is 41.5 Å². The Morgan fingerprint density at radius 1 is 0.698 bits per heavy atom. The van der Waals surface area contributed by atoms with Gasteiger partial charge in [-0.1, -0.05) is 30.3 Å². The van der Waals surface area contributed by atoms with Gasteiger partial charge >= 0.3 is 5.97 Å².